The predicted molar refractivity (Wildman–Crippen MR) is 162 cm³/mol. The van der Waals surface area contributed by atoms with E-state index in [1.54, 1.807) is 0 Å². The smallest absolute Gasteiger partial charge is 0.111 e. The summed E-state index contributed by atoms with van der Waals surface area (Å²) in [5, 5.41) is 11.5. The molecule has 0 saturated carbocycles. The van der Waals surface area contributed by atoms with E-state index in [2.05, 4.69) is 138 Å². The summed E-state index contributed by atoms with van der Waals surface area (Å²) in [5.41, 5.74) is 6.80. The van der Waals surface area contributed by atoms with Crippen molar-refractivity contribution >= 4 is 48.5 Å². The summed E-state index contributed by atoms with van der Waals surface area (Å²) in [5.74, 6) is 0. The number of rotatable bonds is 3. The quantitative estimate of drug-likeness (QED) is 0.235. The maximum Gasteiger partial charge on any atom is 0.111 e. The maximum atomic E-state index is 5.41. The number of fused-ring (bicyclic) bond motifs is 5. The van der Waals surface area contributed by atoms with Crippen LogP contribution in [0, 0.1) is 0 Å². The van der Waals surface area contributed by atoms with Crippen molar-refractivity contribution in [3.63, 3.8) is 0 Å². The first-order valence-corrected chi connectivity index (χ1v) is 13.6. The number of hydrogen-bond acceptors (Lipinski definition) is 2. The summed E-state index contributed by atoms with van der Waals surface area (Å²) >= 11 is 1.81. The van der Waals surface area contributed by atoms with Crippen molar-refractivity contribution in [3.8, 4) is 33.0 Å². The molecule has 2 nitrogen and oxygen atoms in total. The molecule has 0 saturated heterocycles. The molecule has 0 bridgehead atoms. The fourth-order valence-electron chi connectivity index (χ4n) is 5.68. The highest BCUT2D eigenvalue weighted by atomic mass is 32.1. The molecule has 8 aromatic rings. The summed E-state index contributed by atoms with van der Waals surface area (Å²) in [7, 11) is 0. The van der Waals surface area contributed by atoms with E-state index in [0.29, 0.717) is 0 Å². The Balaban J connectivity index is 1.56. The third-order valence-corrected chi connectivity index (χ3v) is 8.53. The van der Waals surface area contributed by atoms with Gasteiger partial charge in [-0.3, -0.25) is 0 Å². The topological polar surface area (TPSA) is 17.3 Å². The zero-order chi connectivity index (χ0) is 25.1. The van der Waals surface area contributed by atoms with E-state index in [9.17, 15) is 0 Å². The molecular weight excluding hydrogens is 480 g/mol. The Hall–Kier alpha value is -4.73. The first-order valence-electron chi connectivity index (χ1n) is 12.8. The van der Waals surface area contributed by atoms with E-state index in [1.807, 2.05) is 11.3 Å². The number of hydrogen-bond donors (Lipinski definition) is 0. The van der Waals surface area contributed by atoms with Gasteiger partial charge in [0.05, 0.1) is 16.1 Å². The zero-order valence-electron chi connectivity index (χ0n) is 20.5. The second-order valence-electron chi connectivity index (χ2n) is 9.64. The molecule has 0 amide bonds. The lowest BCUT2D eigenvalue weighted by atomic mass is 9.97. The molecule has 0 aliphatic heterocycles. The average Bonchev–Trinajstić information content (AvgIpc) is 3.59. The van der Waals surface area contributed by atoms with E-state index in [-0.39, 0.29) is 0 Å². The molecule has 0 aliphatic carbocycles. The van der Waals surface area contributed by atoms with Crippen molar-refractivity contribution in [2.24, 2.45) is 0 Å². The number of thiophene rings is 1. The largest absolute Gasteiger partial charge is 0.231 e. The molecule has 38 heavy (non-hydrogen) atoms. The van der Waals surface area contributed by atoms with Crippen LogP contribution < -0.4 is 0 Å². The van der Waals surface area contributed by atoms with E-state index in [4.69, 9.17) is 5.10 Å². The fourth-order valence-corrected chi connectivity index (χ4v) is 6.73. The molecular formula is C35H22N2S. The normalized spacial score (nSPS) is 11.7. The van der Waals surface area contributed by atoms with Gasteiger partial charge in [-0.25, -0.2) is 4.52 Å². The predicted octanol–water partition coefficient (Wildman–Crippen LogP) is 9.86. The average molecular weight is 503 g/mol. The lowest BCUT2D eigenvalue weighted by molar-refractivity contribution is 0.982. The molecule has 8 rings (SSSR count). The Morgan fingerprint density at radius 2 is 1.24 bits per heavy atom. The highest BCUT2D eigenvalue weighted by Gasteiger charge is 2.23. The third-order valence-electron chi connectivity index (χ3n) is 7.41. The van der Waals surface area contributed by atoms with Crippen LogP contribution in [0.2, 0.25) is 0 Å². The molecule has 5 aromatic carbocycles. The molecule has 0 radical (unpaired) electrons. The van der Waals surface area contributed by atoms with Crippen LogP contribution >= 0.6 is 11.3 Å². The van der Waals surface area contributed by atoms with Crippen molar-refractivity contribution in [2.75, 3.05) is 0 Å². The van der Waals surface area contributed by atoms with Crippen molar-refractivity contribution in [1.29, 1.82) is 0 Å². The molecule has 0 N–H and O–H groups in total. The van der Waals surface area contributed by atoms with Gasteiger partial charge in [-0.1, -0.05) is 115 Å². The standard InChI is InChI=1S/C35H22N2S/c1-2-12-24(13-3-1)33-34(32-22-26-15-6-9-20-31(26)38-32)36-37-30(21-25-14-5-8-18-28(25)35(33)37)29-19-10-16-23-11-4-7-17-27(23)29/h1-22H. The van der Waals surface area contributed by atoms with Crippen LogP contribution in [0.5, 0.6) is 0 Å². The third kappa shape index (κ3) is 3.22. The minimum atomic E-state index is 1.02. The Morgan fingerprint density at radius 3 is 2.08 bits per heavy atom. The Labute approximate surface area is 224 Å². The number of pyridine rings is 1. The fraction of sp³-hybridized carbons (Fsp3) is 0. The number of nitrogens with zero attached hydrogens (tertiary/aromatic N) is 2. The van der Waals surface area contributed by atoms with Gasteiger partial charge in [0.25, 0.3) is 0 Å². The van der Waals surface area contributed by atoms with Crippen LogP contribution in [0.3, 0.4) is 0 Å². The minimum absolute atomic E-state index is 1.02. The maximum absolute atomic E-state index is 5.41. The van der Waals surface area contributed by atoms with Crippen LogP contribution in [-0.4, -0.2) is 9.61 Å². The van der Waals surface area contributed by atoms with E-state index in [0.717, 1.165) is 16.9 Å². The Morgan fingerprint density at radius 1 is 0.553 bits per heavy atom. The molecule has 178 valence electrons. The van der Waals surface area contributed by atoms with Crippen molar-refractivity contribution in [2.45, 2.75) is 0 Å². The van der Waals surface area contributed by atoms with Crippen LogP contribution in [0.4, 0.5) is 0 Å². The summed E-state index contributed by atoms with van der Waals surface area (Å²) in [6.07, 6.45) is 0. The first kappa shape index (κ1) is 21.4. The van der Waals surface area contributed by atoms with Gasteiger partial charge in [0.1, 0.15) is 5.69 Å². The van der Waals surface area contributed by atoms with E-state index in [1.165, 1.54) is 53.2 Å². The van der Waals surface area contributed by atoms with Crippen molar-refractivity contribution in [3.05, 3.63) is 133 Å². The summed E-state index contributed by atoms with van der Waals surface area (Å²) < 4.78 is 3.46. The molecule has 3 heterocycles. The highest BCUT2D eigenvalue weighted by molar-refractivity contribution is 7.22. The van der Waals surface area contributed by atoms with Crippen LogP contribution in [0.15, 0.2) is 133 Å². The number of aromatic nitrogens is 2. The van der Waals surface area contributed by atoms with Crippen LogP contribution in [-0.2, 0) is 0 Å². The molecule has 0 atom stereocenters. The first-order chi connectivity index (χ1) is 18.8. The summed E-state index contributed by atoms with van der Waals surface area (Å²) in [6, 6.07) is 47.7. The second kappa shape index (κ2) is 8.41. The van der Waals surface area contributed by atoms with Gasteiger partial charge in [0.2, 0.25) is 0 Å². The van der Waals surface area contributed by atoms with E-state index < -0.39 is 0 Å². The van der Waals surface area contributed by atoms with Crippen molar-refractivity contribution < 1.29 is 0 Å². The van der Waals surface area contributed by atoms with Gasteiger partial charge < -0.3 is 0 Å². The van der Waals surface area contributed by atoms with Gasteiger partial charge in [-0.05, 0) is 45.3 Å². The lowest BCUT2D eigenvalue weighted by Gasteiger charge is -2.12. The number of benzene rings is 5. The Bertz CT molecular complexity index is 2090. The molecule has 0 unspecified atom stereocenters. The van der Waals surface area contributed by atoms with Crippen molar-refractivity contribution in [1.82, 2.24) is 9.61 Å². The molecule has 3 aromatic heterocycles. The monoisotopic (exact) mass is 502 g/mol. The summed E-state index contributed by atoms with van der Waals surface area (Å²) in [4.78, 5) is 1.18. The molecule has 0 spiro atoms. The summed E-state index contributed by atoms with van der Waals surface area (Å²) in [6.45, 7) is 0. The second-order valence-corrected chi connectivity index (χ2v) is 10.7. The SMILES string of the molecule is c1ccc(-c2c(-c3cc4ccccc4s3)nn3c(-c4cccc5ccccc45)cc4ccccc4c23)cc1. The van der Waals surface area contributed by atoms with Gasteiger partial charge in [-0.15, -0.1) is 11.3 Å². The van der Waals surface area contributed by atoms with Gasteiger partial charge >= 0.3 is 0 Å². The lowest BCUT2D eigenvalue weighted by Crippen LogP contribution is -1.96. The van der Waals surface area contributed by atoms with Gasteiger partial charge in [0.15, 0.2) is 0 Å². The zero-order valence-corrected chi connectivity index (χ0v) is 21.3. The van der Waals surface area contributed by atoms with Gasteiger partial charge in [0, 0.05) is 21.2 Å². The minimum Gasteiger partial charge on any atom is -0.231 e. The van der Waals surface area contributed by atoms with E-state index >= 15 is 0 Å². The molecule has 0 aliphatic rings. The highest BCUT2D eigenvalue weighted by Crippen LogP contribution is 2.44. The van der Waals surface area contributed by atoms with Crippen LogP contribution in [0.1, 0.15) is 0 Å². The Kier molecular flexibility index (Phi) is 4.73. The van der Waals surface area contributed by atoms with Crippen LogP contribution in [0.25, 0.3) is 70.1 Å². The molecule has 3 heteroatoms. The van der Waals surface area contributed by atoms with Gasteiger partial charge in [-0.2, -0.15) is 5.10 Å². The molecule has 0 fully saturated rings.